The molecule has 23 heavy (non-hydrogen) atoms. The summed E-state index contributed by atoms with van der Waals surface area (Å²) in [5, 5.41) is 0. The number of likely N-dealkylation sites (tertiary alicyclic amines) is 1. The van der Waals surface area contributed by atoms with Crippen LogP contribution in [0, 0.1) is 0 Å². The van der Waals surface area contributed by atoms with Gasteiger partial charge in [0.25, 0.3) is 11.5 Å². The van der Waals surface area contributed by atoms with Gasteiger partial charge in [0.05, 0.1) is 12.2 Å². The summed E-state index contributed by atoms with van der Waals surface area (Å²) < 4.78 is 7.51. The number of pyridine rings is 1. The molecular formula is C17H25N3O3. The van der Waals surface area contributed by atoms with Gasteiger partial charge in [0.15, 0.2) is 0 Å². The van der Waals surface area contributed by atoms with Crippen molar-refractivity contribution in [1.82, 2.24) is 14.4 Å². The molecule has 6 heteroatoms. The van der Waals surface area contributed by atoms with Gasteiger partial charge in [-0.1, -0.05) is 6.07 Å². The molecule has 2 aliphatic rings. The van der Waals surface area contributed by atoms with E-state index < -0.39 is 0 Å². The molecule has 6 nitrogen and oxygen atoms in total. The number of carbonyl (C=O) groups excluding carboxylic acids is 1. The van der Waals surface area contributed by atoms with Gasteiger partial charge in [0, 0.05) is 32.2 Å². The number of hydrogen-bond acceptors (Lipinski definition) is 4. The lowest BCUT2D eigenvalue weighted by molar-refractivity contribution is -0.0393. The Morgan fingerprint density at radius 2 is 2.00 bits per heavy atom. The molecule has 1 aromatic rings. The average molecular weight is 319 g/mol. The maximum absolute atomic E-state index is 12.7. The van der Waals surface area contributed by atoms with E-state index in [9.17, 15) is 9.59 Å². The molecular weight excluding hydrogens is 294 g/mol. The number of likely N-dealkylation sites (N-methyl/N-ethyl adjacent to an activating group) is 1. The molecule has 1 atom stereocenters. The van der Waals surface area contributed by atoms with Gasteiger partial charge >= 0.3 is 0 Å². The second-order valence-electron chi connectivity index (χ2n) is 6.92. The van der Waals surface area contributed by atoms with Crippen LogP contribution in [-0.2, 0) is 11.8 Å². The summed E-state index contributed by atoms with van der Waals surface area (Å²) in [4.78, 5) is 28.4. The minimum atomic E-state index is -0.155. The molecule has 0 aliphatic carbocycles. The SMILES string of the molecule is CN(C)C1COC2(CCN(C(=O)c3cccc(=O)n3C)CC2)C1. The molecule has 2 aliphatic heterocycles. The van der Waals surface area contributed by atoms with E-state index in [0.29, 0.717) is 24.8 Å². The average Bonchev–Trinajstić information content (AvgIpc) is 2.94. The highest BCUT2D eigenvalue weighted by Gasteiger charge is 2.44. The predicted octanol–water partition coefficient (Wildman–Crippen LogP) is 0.711. The molecule has 0 bridgehead atoms. The van der Waals surface area contributed by atoms with Crippen LogP contribution in [0.15, 0.2) is 23.0 Å². The summed E-state index contributed by atoms with van der Waals surface area (Å²) in [7, 11) is 5.81. The summed E-state index contributed by atoms with van der Waals surface area (Å²) in [6.07, 6.45) is 2.76. The van der Waals surface area contributed by atoms with Crippen molar-refractivity contribution >= 4 is 5.91 Å². The zero-order chi connectivity index (χ0) is 16.6. The van der Waals surface area contributed by atoms with Crippen molar-refractivity contribution < 1.29 is 9.53 Å². The van der Waals surface area contributed by atoms with Crippen LogP contribution in [0.5, 0.6) is 0 Å². The Labute approximate surface area is 136 Å². The smallest absolute Gasteiger partial charge is 0.270 e. The van der Waals surface area contributed by atoms with Crippen LogP contribution >= 0.6 is 0 Å². The summed E-state index contributed by atoms with van der Waals surface area (Å²) >= 11 is 0. The molecule has 0 N–H and O–H groups in total. The van der Waals surface area contributed by atoms with E-state index in [1.807, 2.05) is 4.90 Å². The molecule has 3 rings (SSSR count). The first kappa shape index (κ1) is 16.2. The lowest BCUT2D eigenvalue weighted by Crippen LogP contribution is -2.47. The first-order valence-corrected chi connectivity index (χ1v) is 8.18. The largest absolute Gasteiger partial charge is 0.373 e. The Balaban J connectivity index is 1.66. The fourth-order valence-electron chi connectivity index (χ4n) is 3.56. The second kappa shape index (κ2) is 6.09. The number of amides is 1. The van der Waals surface area contributed by atoms with Crippen molar-refractivity contribution in [2.45, 2.75) is 30.9 Å². The van der Waals surface area contributed by atoms with Crippen LogP contribution in [0.4, 0.5) is 0 Å². The number of carbonyl (C=O) groups is 1. The third-order valence-electron chi connectivity index (χ3n) is 5.29. The molecule has 0 radical (unpaired) electrons. The van der Waals surface area contributed by atoms with Crippen molar-refractivity contribution in [3.8, 4) is 0 Å². The number of nitrogens with zero attached hydrogens (tertiary/aromatic N) is 3. The van der Waals surface area contributed by atoms with E-state index in [4.69, 9.17) is 4.74 Å². The van der Waals surface area contributed by atoms with Crippen LogP contribution in [0.3, 0.4) is 0 Å². The first-order chi connectivity index (χ1) is 10.9. The van der Waals surface area contributed by atoms with Crippen molar-refractivity contribution in [3.63, 3.8) is 0 Å². The minimum Gasteiger partial charge on any atom is -0.373 e. The van der Waals surface area contributed by atoms with Crippen molar-refractivity contribution in [2.75, 3.05) is 33.8 Å². The molecule has 0 aromatic carbocycles. The number of ether oxygens (including phenoxy) is 1. The maximum atomic E-state index is 12.7. The van der Waals surface area contributed by atoms with Gasteiger partial charge in [0.1, 0.15) is 5.69 Å². The van der Waals surface area contributed by atoms with Gasteiger partial charge < -0.3 is 19.1 Å². The first-order valence-electron chi connectivity index (χ1n) is 8.18. The highest BCUT2D eigenvalue weighted by Crippen LogP contribution is 2.37. The van der Waals surface area contributed by atoms with Crippen molar-refractivity contribution in [2.24, 2.45) is 7.05 Å². The van der Waals surface area contributed by atoms with E-state index >= 15 is 0 Å². The zero-order valence-electron chi connectivity index (χ0n) is 14.1. The van der Waals surface area contributed by atoms with E-state index in [0.717, 1.165) is 25.9 Å². The molecule has 126 valence electrons. The van der Waals surface area contributed by atoms with Crippen LogP contribution in [0.2, 0.25) is 0 Å². The standard InChI is InChI=1S/C17H25N3O3/c1-18(2)13-11-17(23-12-13)7-9-20(10-8-17)16(22)14-5-4-6-15(21)19(14)3/h4-6,13H,7-12H2,1-3H3. The Bertz CT molecular complexity index is 645. The lowest BCUT2D eigenvalue weighted by atomic mass is 9.87. The van der Waals surface area contributed by atoms with Crippen LogP contribution in [-0.4, -0.2) is 65.7 Å². The molecule has 1 unspecified atom stereocenters. The molecule has 1 amide bonds. The maximum Gasteiger partial charge on any atom is 0.270 e. The van der Waals surface area contributed by atoms with Crippen LogP contribution in [0.25, 0.3) is 0 Å². The van der Waals surface area contributed by atoms with Gasteiger partial charge in [0.2, 0.25) is 0 Å². The fourth-order valence-corrected chi connectivity index (χ4v) is 3.56. The number of piperidine rings is 1. The quantitative estimate of drug-likeness (QED) is 0.806. The summed E-state index contributed by atoms with van der Waals surface area (Å²) in [5.41, 5.74) is 0.220. The van der Waals surface area contributed by atoms with Crippen LogP contribution in [0.1, 0.15) is 29.8 Å². The fraction of sp³-hybridized carbons (Fsp3) is 0.647. The van der Waals surface area contributed by atoms with Gasteiger partial charge in [-0.15, -0.1) is 0 Å². The highest BCUT2D eigenvalue weighted by molar-refractivity contribution is 5.92. The molecule has 2 fully saturated rings. The second-order valence-corrected chi connectivity index (χ2v) is 6.92. The Morgan fingerprint density at radius 3 is 2.61 bits per heavy atom. The van der Waals surface area contributed by atoms with Gasteiger partial charge in [-0.2, -0.15) is 0 Å². The monoisotopic (exact) mass is 319 g/mol. The normalized spacial score (nSPS) is 23.7. The predicted molar refractivity (Wildman–Crippen MR) is 87.6 cm³/mol. The molecule has 3 heterocycles. The topological polar surface area (TPSA) is 54.8 Å². The summed E-state index contributed by atoms with van der Waals surface area (Å²) in [6.45, 7) is 2.14. The Hall–Kier alpha value is -1.66. The molecule has 1 aromatic heterocycles. The summed E-state index contributed by atoms with van der Waals surface area (Å²) in [5.74, 6) is -0.0674. The number of aromatic nitrogens is 1. The van der Waals surface area contributed by atoms with E-state index in [2.05, 4.69) is 19.0 Å². The third-order valence-corrected chi connectivity index (χ3v) is 5.29. The van der Waals surface area contributed by atoms with E-state index in [1.165, 1.54) is 10.6 Å². The Morgan fingerprint density at radius 1 is 1.30 bits per heavy atom. The van der Waals surface area contributed by atoms with Crippen molar-refractivity contribution in [1.29, 1.82) is 0 Å². The minimum absolute atomic E-state index is 0.0674. The molecule has 2 saturated heterocycles. The number of hydrogen-bond donors (Lipinski definition) is 0. The molecule has 1 spiro atoms. The van der Waals surface area contributed by atoms with Crippen molar-refractivity contribution in [3.05, 3.63) is 34.2 Å². The zero-order valence-corrected chi connectivity index (χ0v) is 14.1. The van der Waals surface area contributed by atoms with Crippen LogP contribution < -0.4 is 5.56 Å². The van der Waals surface area contributed by atoms with E-state index in [-0.39, 0.29) is 17.1 Å². The van der Waals surface area contributed by atoms with Gasteiger partial charge in [-0.05, 0) is 39.4 Å². The lowest BCUT2D eigenvalue weighted by Gasteiger charge is -2.39. The highest BCUT2D eigenvalue weighted by atomic mass is 16.5. The van der Waals surface area contributed by atoms with Gasteiger partial charge in [-0.3, -0.25) is 9.59 Å². The van der Waals surface area contributed by atoms with Gasteiger partial charge in [-0.25, -0.2) is 0 Å². The Kier molecular flexibility index (Phi) is 4.29. The summed E-state index contributed by atoms with van der Waals surface area (Å²) in [6, 6.07) is 5.29. The van der Waals surface area contributed by atoms with E-state index in [1.54, 1.807) is 19.2 Å². The molecule has 0 saturated carbocycles. The number of rotatable bonds is 2. The third kappa shape index (κ3) is 3.05.